The van der Waals surface area contributed by atoms with Crippen molar-refractivity contribution in [2.75, 3.05) is 19.8 Å². The monoisotopic (exact) mass is 576 g/mol. The number of benzene rings is 3. The molecule has 10 heteroatoms. The number of carbonyl (C=O) groups is 3. The van der Waals surface area contributed by atoms with Gasteiger partial charge in [-0.3, -0.25) is 19.8 Å². The quantitative estimate of drug-likeness (QED) is 0.207. The molecule has 0 bridgehead atoms. The number of imide groups is 2. The Morgan fingerprint density at radius 2 is 1.40 bits per heavy atom. The summed E-state index contributed by atoms with van der Waals surface area (Å²) < 4.78 is 36.2. The Kier molecular flexibility index (Phi) is 10.1. The highest BCUT2D eigenvalue weighted by Gasteiger charge is 2.36. The fraction of sp³-hybridized carbons (Fsp3) is 0.281. The smallest absolute Gasteiger partial charge is 0.331 e. The molecule has 9 nitrogen and oxygen atoms in total. The van der Waals surface area contributed by atoms with Crippen LogP contribution in [0.2, 0.25) is 0 Å². The van der Waals surface area contributed by atoms with E-state index in [0.717, 1.165) is 16.9 Å². The lowest BCUT2D eigenvalue weighted by Crippen LogP contribution is -2.53. The molecule has 1 fully saturated rings. The Balaban J connectivity index is 1.55. The van der Waals surface area contributed by atoms with Gasteiger partial charge in [-0.05, 0) is 79.4 Å². The van der Waals surface area contributed by atoms with Gasteiger partial charge in [0.1, 0.15) is 18.0 Å². The standard InChI is InChI=1S/C32H33FN2O7/c1-4-15-41-26-14-10-23(18-29(26)40-6-3)19-35-31(37)25(30(36)34-32(35)38)16-22-9-13-27(28(17-22)39-5-2)42-20-21-7-11-24(33)12-8-21/h7-14,16-18H,4-6,15,19-20H2,1-3H3,(H,34,36,38)/b25-16+. The Bertz CT molecular complexity index is 1470. The van der Waals surface area contributed by atoms with Crippen LogP contribution >= 0.6 is 0 Å². The van der Waals surface area contributed by atoms with Crippen molar-refractivity contribution in [2.45, 2.75) is 40.3 Å². The van der Waals surface area contributed by atoms with Crippen molar-refractivity contribution < 1.29 is 37.7 Å². The number of barbiturate groups is 1. The van der Waals surface area contributed by atoms with Crippen molar-refractivity contribution in [3.05, 3.63) is 88.7 Å². The van der Waals surface area contributed by atoms with Crippen molar-refractivity contribution in [3.63, 3.8) is 0 Å². The molecule has 0 atom stereocenters. The highest BCUT2D eigenvalue weighted by molar-refractivity contribution is 6.30. The van der Waals surface area contributed by atoms with Gasteiger partial charge in [-0.1, -0.05) is 31.2 Å². The topological polar surface area (TPSA) is 103 Å². The van der Waals surface area contributed by atoms with Gasteiger partial charge in [0.15, 0.2) is 23.0 Å². The summed E-state index contributed by atoms with van der Waals surface area (Å²) in [6.45, 7) is 7.06. The van der Waals surface area contributed by atoms with E-state index in [-0.39, 0.29) is 24.5 Å². The number of hydrogen-bond donors (Lipinski definition) is 1. The van der Waals surface area contributed by atoms with E-state index in [2.05, 4.69) is 5.32 Å². The third kappa shape index (κ3) is 7.45. The third-order valence-electron chi connectivity index (χ3n) is 6.18. The second-order valence-corrected chi connectivity index (χ2v) is 9.33. The summed E-state index contributed by atoms with van der Waals surface area (Å²) in [6, 6.07) is 15.3. The summed E-state index contributed by atoms with van der Waals surface area (Å²) in [6.07, 6.45) is 2.23. The highest BCUT2D eigenvalue weighted by Crippen LogP contribution is 2.32. The minimum Gasteiger partial charge on any atom is -0.490 e. The van der Waals surface area contributed by atoms with Crippen LogP contribution in [0.3, 0.4) is 0 Å². The van der Waals surface area contributed by atoms with E-state index < -0.39 is 17.8 Å². The van der Waals surface area contributed by atoms with Gasteiger partial charge in [0.25, 0.3) is 11.8 Å². The number of rotatable bonds is 13. The fourth-order valence-electron chi connectivity index (χ4n) is 4.18. The molecule has 220 valence electrons. The van der Waals surface area contributed by atoms with Gasteiger partial charge in [0.05, 0.1) is 26.4 Å². The van der Waals surface area contributed by atoms with E-state index in [1.165, 1.54) is 18.2 Å². The van der Waals surface area contributed by atoms with Crippen molar-refractivity contribution in [3.8, 4) is 23.0 Å². The summed E-state index contributed by atoms with van der Waals surface area (Å²) in [4.78, 5) is 39.7. The molecule has 4 rings (SSSR count). The molecule has 1 N–H and O–H groups in total. The van der Waals surface area contributed by atoms with Crippen LogP contribution in [0.1, 0.15) is 43.9 Å². The zero-order valence-corrected chi connectivity index (χ0v) is 23.8. The number of ether oxygens (including phenoxy) is 4. The van der Waals surface area contributed by atoms with Gasteiger partial charge < -0.3 is 18.9 Å². The van der Waals surface area contributed by atoms with Gasteiger partial charge in [0.2, 0.25) is 0 Å². The summed E-state index contributed by atoms with van der Waals surface area (Å²) in [7, 11) is 0. The van der Waals surface area contributed by atoms with E-state index in [0.29, 0.717) is 53.9 Å². The number of urea groups is 1. The number of carbonyl (C=O) groups excluding carboxylic acids is 3. The zero-order valence-electron chi connectivity index (χ0n) is 23.8. The van der Waals surface area contributed by atoms with Gasteiger partial charge >= 0.3 is 6.03 Å². The van der Waals surface area contributed by atoms with E-state index in [9.17, 15) is 18.8 Å². The minimum absolute atomic E-state index is 0.0796. The first-order chi connectivity index (χ1) is 20.3. The summed E-state index contributed by atoms with van der Waals surface area (Å²) >= 11 is 0. The minimum atomic E-state index is -0.814. The third-order valence-corrected chi connectivity index (χ3v) is 6.18. The maximum Gasteiger partial charge on any atom is 0.331 e. The van der Waals surface area contributed by atoms with Crippen LogP contribution in [0.5, 0.6) is 23.0 Å². The molecule has 3 aromatic rings. The molecule has 0 aromatic heterocycles. The fourth-order valence-corrected chi connectivity index (χ4v) is 4.18. The Labute approximate surface area is 243 Å². The van der Waals surface area contributed by atoms with Crippen LogP contribution < -0.4 is 24.3 Å². The SMILES string of the molecule is CCCOc1ccc(CN2C(=O)NC(=O)/C(=C\c3ccc(OCc4ccc(F)cc4)c(OCC)c3)C2=O)cc1OCC. The Morgan fingerprint density at radius 3 is 2.10 bits per heavy atom. The van der Waals surface area contributed by atoms with E-state index in [1.807, 2.05) is 20.8 Å². The predicted octanol–water partition coefficient (Wildman–Crippen LogP) is 5.65. The van der Waals surface area contributed by atoms with E-state index in [4.69, 9.17) is 18.9 Å². The van der Waals surface area contributed by atoms with Crippen LogP contribution in [-0.4, -0.2) is 42.6 Å². The van der Waals surface area contributed by atoms with Crippen molar-refractivity contribution in [1.29, 1.82) is 0 Å². The van der Waals surface area contributed by atoms with Gasteiger partial charge in [-0.15, -0.1) is 0 Å². The second kappa shape index (κ2) is 14.2. The molecule has 1 heterocycles. The van der Waals surface area contributed by atoms with Crippen molar-refractivity contribution >= 4 is 23.9 Å². The molecule has 0 spiro atoms. The largest absolute Gasteiger partial charge is 0.490 e. The first-order valence-electron chi connectivity index (χ1n) is 13.7. The van der Waals surface area contributed by atoms with Crippen LogP contribution in [-0.2, 0) is 22.7 Å². The van der Waals surface area contributed by atoms with E-state index in [1.54, 1.807) is 48.5 Å². The van der Waals surface area contributed by atoms with Crippen molar-refractivity contribution in [1.82, 2.24) is 10.2 Å². The van der Waals surface area contributed by atoms with Gasteiger partial charge in [0, 0.05) is 0 Å². The zero-order chi connectivity index (χ0) is 30.1. The average Bonchev–Trinajstić information content (AvgIpc) is 2.98. The first-order valence-corrected chi connectivity index (χ1v) is 13.7. The Hall–Kier alpha value is -4.86. The molecule has 4 amide bonds. The molecule has 0 unspecified atom stereocenters. The summed E-state index contributed by atoms with van der Waals surface area (Å²) in [5, 5.41) is 2.24. The molecule has 42 heavy (non-hydrogen) atoms. The molecule has 0 aliphatic carbocycles. The van der Waals surface area contributed by atoms with Crippen LogP contribution in [0, 0.1) is 5.82 Å². The Morgan fingerprint density at radius 1 is 0.762 bits per heavy atom. The molecular weight excluding hydrogens is 543 g/mol. The number of amides is 4. The lowest BCUT2D eigenvalue weighted by Gasteiger charge is -2.26. The van der Waals surface area contributed by atoms with Crippen LogP contribution in [0.15, 0.2) is 66.2 Å². The van der Waals surface area contributed by atoms with Crippen molar-refractivity contribution in [2.24, 2.45) is 0 Å². The second-order valence-electron chi connectivity index (χ2n) is 9.33. The number of halogens is 1. The number of nitrogens with one attached hydrogen (secondary N) is 1. The van der Waals surface area contributed by atoms with Crippen LogP contribution in [0.25, 0.3) is 6.08 Å². The molecule has 1 saturated heterocycles. The van der Waals surface area contributed by atoms with E-state index >= 15 is 0 Å². The summed E-state index contributed by atoms with van der Waals surface area (Å²) in [5.41, 5.74) is 1.69. The lowest BCUT2D eigenvalue weighted by molar-refractivity contribution is -0.130. The first kappa shape index (κ1) is 30.1. The maximum absolute atomic E-state index is 13.4. The average molecular weight is 577 g/mol. The number of hydrogen-bond acceptors (Lipinski definition) is 7. The number of nitrogens with zero attached hydrogens (tertiary/aromatic N) is 1. The maximum atomic E-state index is 13.4. The predicted molar refractivity (Wildman–Crippen MR) is 154 cm³/mol. The normalized spacial score (nSPS) is 14.1. The lowest BCUT2D eigenvalue weighted by atomic mass is 10.1. The van der Waals surface area contributed by atoms with Gasteiger partial charge in [-0.25, -0.2) is 9.18 Å². The van der Waals surface area contributed by atoms with Gasteiger partial charge in [-0.2, -0.15) is 0 Å². The molecule has 3 aromatic carbocycles. The molecule has 1 aliphatic heterocycles. The molecule has 0 radical (unpaired) electrons. The summed E-state index contributed by atoms with van der Waals surface area (Å²) in [5.74, 6) is 0.0539. The van der Waals surface area contributed by atoms with Crippen LogP contribution in [0.4, 0.5) is 9.18 Å². The molecule has 1 aliphatic rings. The molecular formula is C32H33FN2O7. The molecule has 0 saturated carbocycles. The highest BCUT2D eigenvalue weighted by atomic mass is 19.1.